The Morgan fingerprint density at radius 2 is 2.11 bits per heavy atom. The van der Waals surface area contributed by atoms with Crippen molar-refractivity contribution in [1.29, 1.82) is 0 Å². The van der Waals surface area contributed by atoms with Crippen LogP contribution in [0.4, 0.5) is 0 Å². The quantitative estimate of drug-likeness (QED) is 0.941. The molecule has 2 aromatic rings. The van der Waals surface area contributed by atoms with Gasteiger partial charge in [0, 0.05) is 16.6 Å². The average Bonchev–Trinajstić information content (AvgIpc) is 2.73. The van der Waals surface area contributed by atoms with Crippen LogP contribution in [0.3, 0.4) is 0 Å². The van der Waals surface area contributed by atoms with Crippen molar-refractivity contribution in [2.75, 3.05) is 0 Å². The Labute approximate surface area is 122 Å². The maximum absolute atomic E-state index is 4.18. The third-order valence-electron chi connectivity index (χ3n) is 2.62. The number of hydrogen-bond donors (Lipinski definition) is 1. The molecule has 1 heterocycles. The van der Waals surface area contributed by atoms with Gasteiger partial charge in [-0.3, -0.25) is 0 Å². The zero-order chi connectivity index (χ0) is 13.9. The molecule has 0 aliphatic carbocycles. The highest BCUT2D eigenvalue weighted by atomic mass is 79.9. The first-order valence-corrected chi connectivity index (χ1v) is 7.10. The molecular weight excluding hydrogens is 304 g/mol. The van der Waals surface area contributed by atoms with Gasteiger partial charge in [-0.05, 0) is 38.5 Å². The third kappa shape index (κ3) is 4.76. The Balaban J connectivity index is 1.97. The molecule has 0 aliphatic heterocycles. The normalized spacial score (nSPS) is 11.8. The van der Waals surface area contributed by atoms with Gasteiger partial charge >= 0.3 is 0 Å². The van der Waals surface area contributed by atoms with E-state index in [2.05, 4.69) is 64.5 Å². The summed E-state index contributed by atoms with van der Waals surface area (Å²) in [6, 6.07) is 8.22. The molecule has 0 saturated carbocycles. The van der Waals surface area contributed by atoms with Gasteiger partial charge in [-0.15, -0.1) is 5.10 Å². The first kappa shape index (κ1) is 14.2. The molecule has 0 spiro atoms. The van der Waals surface area contributed by atoms with Gasteiger partial charge in [-0.1, -0.05) is 33.3 Å². The fraction of sp³-hybridized carbons (Fsp3) is 0.429. The summed E-state index contributed by atoms with van der Waals surface area (Å²) in [5.74, 6) is 0. The molecular formula is C14H19BrN4. The van der Waals surface area contributed by atoms with Crippen LogP contribution in [0.15, 0.2) is 34.9 Å². The van der Waals surface area contributed by atoms with Crippen LogP contribution in [-0.4, -0.2) is 20.5 Å². The highest BCUT2D eigenvalue weighted by Gasteiger charge is 2.10. The molecule has 0 amide bonds. The molecule has 0 aliphatic rings. The third-order valence-corrected chi connectivity index (χ3v) is 3.11. The van der Waals surface area contributed by atoms with Crippen LogP contribution in [0.5, 0.6) is 0 Å². The molecule has 0 unspecified atom stereocenters. The van der Waals surface area contributed by atoms with E-state index in [9.17, 15) is 0 Å². The summed E-state index contributed by atoms with van der Waals surface area (Å²) in [4.78, 5) is 0. The monoisotopic (exact) mass is 322 g/mol. The average molecular weight is 323 g/mol. The molecule has 1 aromatic carbocycles. The molecule has 1 N–H and O–H groups in total. The molecule has 102 valence electrons. The fourth-order valence-electron chi connectivity index (χ4n) is 1.67. The van der Waals surface area contributed by atoms with Gasteiger partial charge in [-0.2, -0.15) is 0 Å². The molecule has 0 fully saturated rings. The van der Waals surface area contributed by atoms with Crippen LogP contribution in [0.25, 0.3) is 0 Å². The van der Waals surface area contributed by atoms with Crippen LogP contribution < -0.4 is 5.32 Å². The van der Waals surface area contributed by atoms with Crippen molar-refractivity contribution < 1.29 is 0 Å². The summed E-state index contributed by atoms with van der Waals surface area (Å²) in [5.41, 5.74) is 2.26. The topological polar surface area (TPSA) is 42.7 Å². The van der Waals surface area contributed by atoms with Crippen LogP contribution in [0, 0.1) is 0 Å². The number of nitrogens with one attached hydrogen (secondary N) is 1. The number of benzene rings is 1. The predicted octanol–water partition coefficient (Wildman–Crippen LogP) is 2.98. The Bertz CT molecular complexity index is 542. The molecule has 0 radical (unpaired) electrons. The summed E-state index contributed by atoms with van der Waals surface area (Å²) < 4.78 is 2.95. The number of nitrogens with zero attached hydrogens (tertiary/aromatic N) is 3. The van der Waals surface area contributed by atoms with E-state index in [-0.39, 0.29) is 5.54 Å². The fourth-order valence-corrected chi connectivity index (χ4v) is 2.12. The van der Waals surface area contributed by atoms with Crippen LogP contribution in [0.2, 0.25) is 0 Å². The van der Waals surface area contributed by atoms with E-state index in [1.165, 1.54) is 5.56 Å². The lowest BCUT2D eigenvalue weighted by atomic mass is 10.1. The maximum Gasteiger partial charge on any atom is 0.0965 e. The lowest BCUT2D eigenvalue weighted by Crippen LogP contribution is -2.35. The molecule has 5 heteroatoms. The van der Waals surface area contributed by atoms with Crippen molar-refractivity contribution in [3.8, 4) is 0 Å². The lowest BCUT2D eigenvalue weighted by Gasteiger charge is -2.19. The van der Waals surface area contributed by atoms with Crippen LogP contribution >= 0.6 is 15.9 Å². The van der Waals surface area contributed by atoms with Gasteiger partial charge in [-0.25, -0.2) is 4.68 Å². The molecule has 0 bridgehead atoms. The Kier molecular flexibility index (Phi) is 4.37. The Morgan fingerprint density at radius 1 is 1.32 bits per heavy atom. The van der Waals surface area contributed by atoms with Crippen molar-refractivity contribution in [2.45, 2.75) is 39.4 Å². The molecule has 0 atom stereocenters. The predicted molar refractivity (Wildman–Crippen MR) is 79.9 cm³/mol. The molecule has 4 nitrogen and oxygen atoms in total. The Morgan fingerprint density at radius 3 is 2.79 bits per heavy atom. The van der Waals surface area contributed by atoms with E-state index >= 15 is 0 Å². The van der Waals surface area contributed by atoms with E-state index in [1.807, 2.05) is 23.0 Å². The highest BCUT2D eigenvalue weighted by Crippen LogP contribution is 2.12. The van der Waals surface area contributed by atoms with Crippen molar-refractivity contribution in [1.82, 2.24) is 20.3 Å². The number of halogens is 1. The van der Waals surface area contributed by atoms with Gasteiger partial charge in [0.05, 0.1) is 18.4 Å². The summed E-state index contributed by atoms with van der Waals surface area (Å²) in [7, 11) is 0. The minimum atomic E-state index is 0.0913. The zero-order valence-electron chi connectivity index (χ0n) is 11.5. The van der Waals surface area contributed by atoms with Gasteiger partial charge in [0.2, 0.25) is 0 Å². The second-order valence-electron chi connectivity index (χ2n) is 5.64. The SMILES string of the molecule is CC(C)(C)NCc1cn(Cc2cccc(Br)c2)nn1. The summed E-state index contributed by atoms with van der Waals surface area (Å²) >= 11 is 3.47. The molecule has 0 saturated heterocycles. The van der Waals surface area contributed by atoms with E-state index in [0.29, 0.717) is 0 Å². The van der Waals surface area contributed by atoms with Crippen molar-refractivity contribution in [3.05, 3.63) is 46.2 Å². The maximum atomic E-state index is 4.18. The second-order valence-corrected chi connectivity index (χ2v) is 6.56. The summed E-state index contributed by atoms with van der Waals surface area (Å²) in [5, 5.41) is 11.7. The molecule has 1 aromatic heterocycles. The van der Waals surface area contributed by atoms with E-state index in [1.54, 1.807) is 0 Å². The standard InChI is InChI=1S/C14H19BrN4/c1-14(2,3)16-8-13-10-19(18-17-13)9-11-5-4-6-12(15)7-11/h4-7,10,16H,8-9H2,1-3H3. The number of hydrogen-bond acceptors (Lipinski definition) is 3. The number of aromatic nitrogens is 3. The zero-order valence-corrected chi connectivity index (χ0v) is 13.1. The van der Waals surface area contributed by atoms with Crippen molar-refractivity contribution >= 4 is 15.9 Å². The van der Waals surface area contributed by atoms with E-state index in [4.69, 9.17) is 0 Å². The minimum Gasteiger partial charge on any atom is -0.306 e. The minimum absolute atomic E-state index is 0.0913. The van der Waals surface area contributed by atoms with Gasteiger partial charge in [0.1, 0.15) is 0 Å². The van der Waals surface area contributed by atoms with E-state index in [0.717, 1.165) is 23.3 Å². The highest BCUT2D eigenvalue weighted by molar-refractivity contribution is 9.10. The smallest absolute Gasteiger partial charge is 0.0965 e. The van der Waals surface area contributed by atoms with Gasteiger partial charge in [0.15, 0.2) is 0 Å². The summed E-state index contributed by atoms with van der Waals surface area (Å²) in [6.45, 7) is 7.89. The molecule has 2 rings (SSSR count). The lowest BCUT2D eigenvalue weighted by molar-refractivity contribution is 0.421. The van der Waals surface area contributed by atoms with Crippen LogP contribution in [0.1, 0.15) is 32.0 Å². The number of rotatable bonds is 4. The molecule has 19 heavy (non-hydrogen) atoms. The van der Waals surface area contributed by atoms with Gasteiger partial charge < -0.3 is 5.32 Å². The van der Waals surface area contributed by atoms with E-state index < -0.39 is 0 Å². The van der Waals surface area contributed by atoms with Crippen molar-refractivity contribution in [3.63, 3.8) is 0 Å². The van der Waals surface area contributed by atoms with Crippen molar-refractivity contribution in [2.24, 2.45) is 0 Å². The van der Waals surface area contributed by atoms with Gasteiger partial charge in [0.25, 0.3) is 0 Å². The first-order chi connectivity index (χ1) is 8.92. The first-order valence-electron chi connectivity index (χ1n) is 6.31. The Hall–Kier alpha value is -1.20. The van der Waals surface area contributed by atoms with Crippen LogP contribution in [-0.2, 0) is 13.1 Å². The summed E-state index contributed by atoms with van der Waals surface area (Å²) in [6.07, 6.45) is 1.99. The largest absolute Gasteiger partial charge is 0.306 e. The second kappa shape index (κ2) is 5.84.